The largest absolute Gasteiger partial charge is 0.493 e. The zero-order chi connectivity index (χ0) is 16.8. The van der Waals surface area contributed by atoms with Gasteiger partial charge in [0.1, 0.15) is 6.29 Å². The Labute approximate surface area is 133 Å². The third-order valence-electron chi connectivity index (χ3n) is 3.13. The Morgan fingerprint density at radius 2 is 1.48 bits per heavy atom. The summed E-state index contributed by atoms with van der Waals surface area (Å²) in [5, 5.41) is 0. The summed E-state index contributed by atoms with van der Waals surface area (Å²) in [6, 6.07) is 9.43. The first kappa shape index (κ1) is 16.4. The number of rotatable bonds is 6. The number of carbonyl (C=O) groups is 2. The molecule has 2 aromatic carbocycles. The van der Waals surface area contributed by atoms with Crippen LogP contribution in [-0.2, 0) is 4.74 Å². The maximum Gasteiger partial charge on any atom is 0.337 e. The molecule has 0 aliphatic rings. The first-order valence-electron chi connectivity index (χ1n) is 6.70. The Hall–Kier alpha value is -3.02. The van der Waals surface area contributed by atoms with Gasteiger partial charge in [0, 0.05) is 5.56 Å². The van der Waals surface area contributed by atoms with E-state index < -0.39 is 5.97 Å². The maximum absolute atomic E-state index is 11.7. The minimum absolute atomic E-state index is 0.303. The van der Waals surface area contributed by atoms with Crippen LogP contribution in [0.5, 0.6) is 23.0 Å². The molecule has 2 rings (SSSR count). The third-order valence-corrected chi connectivity index (χ3v) is 3.13. The van der Waals surface area contributed by atoms with Gasteiger partial charge in [-0.15, -0.1) is 0 Å². The van der Waals surface area contributed by atoms with Crippen molar-refractivity contribution in [3.05, 3.63) is 47.5 Å². The Morgan fingerprint density at radius 3 is 2.04 bits per heavy atom. The van der Waals surface area contributed by atoms with Crippen LogP contribution in [0.4, 0.5) is 0 Å². The van der Waals surface area contributed by atoms with Crippen molar-refractivity contribution in [2.75, 3.05) is 21.3 Å². The average molecular weight is 316 g/mol. The van der Waals surface area contributed by atoms with Crippen LogP contribution in [0.1, 0.15) is 20.7 Å². The quantitative estimate of drug-likeness (QED) is 0.602. The van der Waals surface area contributed by atoms with E-state index in [0.29, 0.717) is 40.4 Å². The summed E-state index contributed by atoms with van der Waals surface area (Å²) in [5.74, 6) is 1.01. The van der Waals surface area contributed by atoms with Gasteiger partial charge in [-0.05, 0) is 36.4 Å². The van der Waals surface area contributed by atoms with E-state index in [1.165, 1.54) is 33.5 Å². The van der Waals surface area contributed by atoms with Gasteiger partial charge in [-0.3, -0.25) is 4.79 Å². The van der Waals surface area contributed by atoms with Gasteiger partial charge in [-0.25, -0.2) is 4.79 Å². The number of carbonyl (C=O) groups excluding carboxylic acids is 2. The molecule has 0 saturated heterocycles. The predicted octanol–water partition coefficient (Wildman–Crippen LogP) is 3.10. The second-order valence-corrected chi connectivity index (χ2v) is 4.49. The molecule has 0 unspecified atom stereocenters. The van der Waals surface area contributed by atoms with Crippen molar-refractivity contribution in [1.82, 2.24) is 0 Å². The highest BCUT2D eigenvalue weighted by Crippen LogP contribution is 2.37. The van der Waals surface area contributed by atoms with Crippen molar-refractivity contribution in [1.29, 1.82) is 0 Å². The van der Waals surface area contributed by atoms with Gasteiger partial charge in [-0.1, -0.05) is 0 Å². The van der Waals surface area contributed by atoms with Gasteiger partial charge < -0.3 is 18.9 Å². The molecule has 0 N–H and O–H groups in total. The second kappa shape index (κ2) is 7.31. The fraction of sp³-hybridized carbons (Fsp3) is 0.176. The average Bonchev–Trinajstić information content (AvgIpc) is 2.60. The van der Waals surface area contributed by atoms with E-state index >= 15 is 0 Å². The molecule has 0 atom stereocenters. The van der Waals surface area contributed by atoms with Crippen molar-refractivity contribution in [3.63, 3.8) is 0 Å². The van der Waals surface area contributed by atoms with Crippen LogP contribution in [0.25, 0.3) is 0 Å². The van der Waals surface area contributed by atoms with Gasteiger partial charge in [0.05, 0.1) is 26.9 Å². The lowest BCUT2D eigenvalue weighted by Gasteiger charge is -2.14. The Morgan fingerprint density at radius 1 is 0.870 bits per heavy atom. The van der Waals surface area contributed by atoms with E-state index in [4.69, 9.17) is 18.9 Å². The molecule has 0 spiro atoms. The number of aldehydes is 1. The van der Waals surface area contributed by atoms with Crippen molar-refractivity contribution in [2.45, 2.75) is 0 Å². The molecule has 6 nitrogen and oxygen atoms in total. The van der Waals surface area contributed by atoms with E-state index in [0.717, 1.165) is 0 Å². The Balaban J connectivity index is 2.45. The molecule has 0 radical (unpaired) electrons. The summed E-state index contributed by atoms with van der Waals surface area (Å²) in [4.78, 5) is 22.6. The summed E-state index contributed by atoms with van der Waals surface area (Å²) in [5.41, 5.74) is 0.748. The summed E-state index contributed by atoms with van der Waals surface area (Å²) in [6.45, 7) is 0. The van der Waals surface area contributed by atoms with Crippen LogP contribution in [0.3, 0.4) is 0 Å². The normalized spacial score (nSPS) is 9.87. The van der Waals surface area contributed by atoms with E-state index in [1.807, 2.05) is 0 Å². The molecule has 0 aromatic heterocycles. The topological polar surface area (TPSA) is 71.1 Å². The molecule has 120 valence electrons. The molecule has 0 aliphatic heterocycles. The molecule has 0 aliphatic carbocycles. The molecular weight excluding hydrogens is 300 g/mol. The first-order valence-corrected chi connectivity index (χ1v) is 6.70. The van der Waals surface area contributed by atoms with Crippen molar-refractivity contribution >= 4 is 12.3 Å². The van der Waals surface area contributed by atoms with Gasteiger partial charge in [0.25, 0.3) is 0 Å². The number of methoxy groups -OCH3 is 3. The predicted molar refractivity (Wildman–Crippen MR) is 82.8 cm³/mol. The fourth-order valence-corrected chi connectivity index (χ4v) is 1.97. The second-order valence-electron chi connectivity index (χ2n) is 4.49. The first-order chi connectivity index (χ1) is 11.1. The molecule has 0 bridgehead atoms. The molecular formula is C17H16O6. The summed E-state index contributed by atoms with van der Waals surface area (Å²) >= 11 is 0. The van der Waals surface area contributed by atoms with Gasteiger partial charge in [0.15, 0.2) is 23.0 Å². The van der Waals surface area contributed by atoms with Crippen LogP contribution >= 0.6 is 0 Å². The van der Waals surface area contributed by atoms with Crippen LogP contribution in [0, 0.1) is 0 Å². The summed E-state index contributed by atoms with van der Waals surface area (Å²) in [6.07, 6.45) is 0.703. The highest BCUT2D eigenvalue weighted by molar-refractivity contribution is 5.90. The van der Waals surface area contributed by atoms with E-state index in [9.17, 15) is 9.59 Å². The minimum atomic E-state index is -0.494. The number of hydrogen-bond donors (Lipinski definition) is 0. The van der Waals surface area contributed by atoms with E-state index in [2.05, 4.69) is 0 Å². The van der Waals surface area contributed by atoms with Crippen LogP contribution in [0.2, 0.25) is 0 Å². The molecule has 2 aromatic rings. The monoisotopic (exact) mass is 316 g/mol. The zero-order valence-electron chi connectivity index (χ0n) is 13.0. The number of hydrogen-bond acceptors (Lipinski definition) is 6. The minimum Gasteiger partial charge on any atom is -0.493 e. The SMILES string of the molecule is COC(=O)c1ccc(OC)c(Oc2cc(C=O)ccc2OC)c1. The highest BCUT2D eigenvalue weighted by atomic mass is 16.5. The van der Waals surface area contributed by atoms with E-state index in [-0.39, 0.29) is 0 Å². The van der Waals surface area contributed by atoms with Gasteiger partial charge in [-0.2, -0.15) is 0 Å². The van der Waals surface area contributed by atoms with Crippen molar-refractivity contribution < 1.29 is 28.5 Å². The molecule has 0 fully saturated rings. The molecule has 0 amide bonds. The molecule has 0 saturated carbocycles. The zero-order valence-corrected chi connectivity index (χ0v) is 13.0. The number of ether oxygens (including phenoxy) is 4. The third kappa shape index (κ3) is 3.60. The summed E-state index contributed by atoms with van der Waals surface area (Å²) < 4.78 is 20.9. The lowest BCUT2D eigenvalue weighted by molar-refractivity contribution is 0.0600. The Kier molecular flexibility index (Phi) is 5.19. The molecule has 23 heavy (non-hydrogen) atoms. The fourth-order valence-electron chi connectivity index (χ4n) is 1.97. The lowest BCUT2D eigenvalue weighted by Crippen LogP contribution is -2.02. The molecule has 6 heteroatoms. The van der Waals surface area contributed by atoms with Crippen LogP contribution < -0.4 is 14.2 Å². The lowest BCUT2D eigenvalue weighted by atomic mass is 10.2. The van der Waals surface area contributed by atoms with Crippen LogP contribution in [0.15, 0.2) is 36.4 Å². The molecule has 0 heterocycles. The summed E-state index contributed by atoms with van der Waals surface area (Å²) in [7, 11) is 4.27. The van der Waals surface area contributed by atoms with Gasteiger partial charge >= 0.3 is 5.97 Å². The standard InChI is InChI=1S/C17H16O6/c1-20-13-6-4-11(10-18)8-15(13)23-16-9-12(17(19)22-3)5-7-14(16)21-2/h4-10H,1-3H3. The number of esters is 1. The van der Waals surface area contributed by atoms with E-state index in [1.54, 1.807) is 24.3 Å². The van der Waals surface area contributed by atoms with Crippen molar-refractivity contribution in [2.24, 2.45) is 0 Å². The Bertz CT molecular complexity index is 723. The number of benzene rings is 2. The van der Waals surface area contributed by atoms with Gasteiger partial charge in [0.2, 0.25) is 0 Å². The highest BCUT2D eigenvalue weighted by Gasteiger charge is 2.14. The smallest absolute Gasteiger partial charge is 0.337 e. The van der Waals surface area contributed by atoms with Crippen LogP contribution in [-0.4, -0.2) is 33.6 Å². The van der Waals surface area contributed by atoms with Crippen molar-refractivity contribution in [3.8, 4) is 23.0 Å². The maximum atomic E-state index is 11.7.